The number of carbonyl (C=O) groups is 1. The minimum absolute atomic E-state index is 0.149. The Hall–Kier alpha value is -1.41. The minimum Gasteiger partial charge on any atom is -0.388 e. The highest BCUT2D eigenvalue weighted by atomic mass is 16.3. The quantitative estimate of drug-likeness (QED) is 0.738. The van der Waals surface area contributed by atoms with Crippen molar-refractivity contribution in [2.24, 2.45) is 0 Å². The van der Waals surface area contributed by atoms with E-state index in [0.717, 1.165) is 12.0 Å². The fourth-order valence-corrected chi connectivity index (χ4v) is 3.23. The van der Waals surface area contributed by atoms with Gasteiger partial charge in [-0.05, 0) is 29.2 Å². The maximum atomic E-state index is 11.5. The van der Waals surface area contributed by atoms with Gasteiger partial charge in [0.1, 0.15) is 0 Å². The molecule has 2 aliphatic rings. The van der Waals surface area contributed by atoms with Crippen molar-refractivity contribution >= 4 is 5.78 Å². The van der Waals surface area contributed by atoms with Crippen LogP contribution in [0.3, 0.4) is 0 Å². The molecule has 3 rings (SSSR count). The fraction of sp³-hybridized carbons (Fsp3) is 0.400. The van der Waals surface area contributed by atoms with Crippen molar-refractivity contribution < 1.29 is 9.90 Å². The molecule has 0 spiro atoms. The van der Waals surface area contributed by atoms with E-state index < -0.39 is 6.10 Å². The molecule has 0 unspecified atom stereocenters. The zero-order valence-electron chi connectivity index (χ0n) is 9.94. The number of ketones is 1. The normalized spacial score (nSPS) is 31.5. The zero-order chi connectivity index (χ0) is 12.0. The van der Waals surface area contributed by atoms with Gasteiger partial charge in [-0.25, -0.2) is 0 Å². The number of carbonyl (C=O) groups excluding carboxylic acids is 1. The average molecular weight is 228 g/mol. The summed E-state index contributed by atoms with van der Waals surface area (Å²) in [7, 11) is 0. The molecule has 2 heteroatoms. The van der Waals surface area contributed by atoms with Crippen molar-refractivity contribution in [1.82, 2.24) is 0 Å². The predicted octanol–water partition coefficient (Wildman–Crippen LogP) is 2.15. The molecule has 88 valence electrons. The lowest BCUT2D eigenvalue weighted by Crippen LogP contribution is -2.41. The standard InChI is InChI=1S/C15H16O2/c1-15-7-6-11(16)9-13(15)14(17)8-10-4-2-3-5-12(10)15/h2-5,9,14,17H,6-8H2,1H3/t14-,15-/m1/s1. The number of rotatable bonds is 0. The first kappa shape index (κ1) is 10.7. The predicted molar refractivity (Wildman–Crippen MR) is 65.8 cm³/mol. The van der Waals surface area contributed by atoms with Gasteiger partial charge >= 0.3 is 0 Å². The van der Waals surface area contributed by atoms with Crippen LogP contribution in [0.25, 0.3) is 0 Å². The van der Waals surface area contributed by atoms with Crippen molar-refractivity contribution in [1.29, 1.82) is 0 Å². The van der Waals surface area contributed by atoms with Gasteiger partial charge in [-0.15, -0.1) is 0 Å². The van der Waals surface area contributed by atoms with Gasteiger partial charge in [0.15, 0.2) is 5.78 Å². The first-order valence-electron chi connectivity index (χ1n) is 6.12. The summed E-state index contributed by atoms with van der Waals surface area (Å²) < 4.78 is 0. The van der Waals surface area contributed by atoms with E-state index >= 15 is 0 Å². The van der Waals surface area contributed by atoms with Crippen molar-refractivity contribution in [3.8, 4) is 0 Å². The van der Waals surface area contributed by atoms with Crippen molar-refractivity contribution in [2.75, 3.05) is 0 Å². The summed E-state index contributed by atoms with van der Waals surface area (Å²) in [5.74, 6) is 0.149. The number of hydrogen-bond acceptors (Lipinski definition) is 2. The highest BCUT2D eigenvalue weighted by Crippen LogP contribution is 2.46. The number of benzene rings is 1. The molecule has 0 aromatic heterocycles. The van der Waals surface area contributed by atoms with Crippen LogP contribution in [-0.4, -0.2) is 17.0 Å². The summed E-state index contributed by atoms with van der Waals surface area (Å²) in [6.07, 6.45) is 3.20. The van der Waals surface area contributed by atoms with Crippen LogP contribution in [0.4, 0.5) is 0 Å². The van der Waals surface area contributed by atoms with Crippen molar-refractivity contribution in [2.45, 2.75) is 37.7 Å². The Morgan fingerprint density at radius 3 is 2.94 bits per heavy atom. The molecule has 2 aliphatic carbocycles. The fourth-order valence-electron chi connectivity index (χ4n) is 3.23. The largest absolute Gasteiger partial charge is 0.388 e. The Labute approximate surface area is 101 Å². The third-order valence-corrected chi connectivity index (χ3v) is 4.21. The lowest BCUT2D eigenvalue weighted by atomic mass is 9.62. The Morgan fingerprint density at radius 2 is 2.12 bits per heavy atom. The van der Waals surface area contributed by atoms with E-state index in [4.69, 9.17) is 0 Å². The lowest BCUT2D eigenvalue weighted by molar-refractivity contribution is -0.115. The van der Waals surface area contributed by atoms with Crippen molar-refractivity contribution in [3.05, 3.63) is 47.0 Å². The molecule has 2 atom stereocenters. The van der Waals surface area contributed by atoms with Crippen LogP contribution in [0, 0.1) is 0 Å². The Bertz CT molecular complexity index is 515. The Balaban J connectivity index is 2.22. The molecule has 1 aromatic rings. The Kier molecular flexibility index (Phi) is 2.23. The molecule has 17 heavy (non-hydrogen) atoms. The second kappa shape index (κ2) is 3.54. The SMILES string of the molecule is C[C@]12CCC(=O)C=C1[C@H](O)Cc1ccccc12. The van der Waals surface area contributed by atoms with E-state index in [1.165, 1.54) is 11.1 Å². The third kappa shape index (κ3) is 1.48. The maximum Gasteiger partial charge on any atom is 0.155 e. The van der Waals surface area contributed by atoms with E-state index in [1.807, 2.05) is 12.1 Å². The second-order valence-corrected chi connectivity index (χ2v) is 5.28. The van der Waals surface area contributed by atoms with Gasteiger partial charge in [-0.1, -0.05) is 31.2 Å². The van der Waals surface area contributed by atoms with Gasteiger partial charge in [0.2, 0.25) is 0 Å². The number of aliphatic hydroxyl groups is 1. The minimum atomic E-state index is -0.501. The molecule has 2 nitrogen and oxygen atoms in total. The van der Waals surface area contributed by atoms with Crippen LogP contribution in [0.15, 0.2) is 35.9 Å². The lowest BCUT2D eigenvalue weighted by Gasteiger charge is -2.43. The maximum absolute atomic E-state index is 11.5. The molecule has 0 saturated heterocycles. The molecule has 0 amide bonds. The van der Waals surface area contributed by atoms with E-state index in [1.54, 1.807) is 6.08 Å². The highest BCUT2D eigenvalue weighted by Gasteiger charge is 2.42. The second-order valence-electron chi connectivity index (χ2n) is 5.28. The molecule has 0 aliphatic heterocycles. The summed E-state index contributed by atoms with van der Waals surface area (Å²) in [6.45, 7) is 2.15. The summed E-state index contributed by atoms with van der Waals surface area (Å²) in [4.78, 5) is 11.5. The molecule has 0 fully saturated rings. The van der Waals surface area contributed by atoms with Crippen LogP contribution < -0.4 is 0 Å². The first-order chi connectivity index (χ1) is 8.11. The van der Waals surface area contributed by atoms with Gasteiger partial charge in [0.05, 0.1) is 6.10 Å². The van der Waals surface area contributed by atoms with Gasteiger partial charge in [-0.3, -0.25) is 4.79 Å². The van der Waals surface area contributed by atoms with Gasteiger partial charge in [0, 0.05) is 18.3 Å². The topological polar surface area (TPSA) is 37.3 Å². The summed E-state index contributed by atoms with van der Waals surface area (Å²) in [5.41, 5.74) is 3.26. The Morgan fingerprint density at radius 1 is 1.35 bits per heavy atom. The smallest absolute Gasteiger partial charge is 0.155 e. The molecule has 1 N–H and O–H groups in total. The van der Waals surface area contributed by atoms with E-state index in [0.29, 0.717) is 12.8 Å². The monoisotopic (exact) mass is 228 g/mol. The van der Waals surface area contributed by atoms with Crippen LogP contribution in [-0.2, 0) is 16.6 Å². The van der Waals surface area contributed by atoms with Crippen LogP contribution in [0.5, 0.6) is 0 Å². The van der Waals surface area contributed by atoms with Crippen LogP contribution >= 0.6 is 0 Å². The highest BCUT2D eigenvalue weighted by molar-refractivity contribution is 5.92. The first-order valence-corrected chi connectivity index (χ1v) is 6.12. The number of hydrogen-bond donors (Lipinski definition) is 1. The summed E-state index contributed by atoms with van der Waals surface area (Å²) in [6, 6.07) is 8.26. The van der Waals surface area contributed by atoms with E-state index in [2.05, 4.69) is 19.1 Å². The molecule has 0 saturated carbocycles. The summed E-state index contributed by atoms with van der Waals surface area (Å²) >= 11 is 0. The van der Waals surface area contributed by atoms with Gasteiger partial charge in [0.25, 0.3) is 0 Å². The molecule has 0 heterocycles. The molecule has 0 bridgehead atoms. The third-order valence-electron chi connectivity index (χ3n) is 4.21. The van der Waals surface area contributed by atoms with Gasteiger partial charge in [-0.2, -0.15) is 0 Å². The van der Waals surface area contributed by atoms with E-state index in [9.17, 15) is 9.90 Å². The average Bonchev–Trinajstić information content (AvgIpc) is 2.32. The zero-order valence-corrected chi connectivity index (χ0v) is 9.94. The number of allylic oxidation sites excluding steroid dienone is 1. The molecule has 0 radical (unpaired) electrons. The van der Waals surface area contributed by atoms with Gasteiger partial charge < -0.3 is 5.11 Å². The van der Waals surface area contributed by atoms with E-state index in [-0.39, 0.29) is 11.2 Å². The molecule has 1 aromatic carbocycles. The van der Waals surface area contributed by atoms with Crippen LogP contribution in [0.2, 0.25) is 0 Å². The molecular formula is C15H16O2. The van der Waals surface area contributed by atoms with Crippen LogP contribution in [0.1, 0.15) is 30.9 Å². The van der Waals surface area contributed by atoms with Crippen molar-refractivity contribution in [3.63, 3.8) is 0 Å². The summed E-state index contributed by atoms with van der Waals surface area (Å²) in [5, 5.41) is 10.2. The number of aliphatic hydroxyl groups excluding tert-OH is 1. The molecular weight excluding hydrogens is 212 g/mol. The number of fused-ring (bicyclic) bond motifs is 3.